The lowest BCUT2D eigenvalue weighted by Gasteiger charge is -2.15. The van der Waals surface area contributed by atoms with Gasteiger partial charge in [0.15, 0.2) is 0 Å². The van der Waals surface area contributed by atoms with E-state index in [9.17, 15) is 4.39 Å². The Morgan fingerprint density at radius 2 is 1.92 bits per heavy atom. The molecule has 7 heteroatoms. The maximum Gasteiger partial charge on any atom is 0.248 e. The Morgan fingerprint density at radius 1 is 1.12 bits per heavy atom. The minimum Gasteiger partial charge on any atom is -0.419 e. The first kappa shape index (κ1) is 17.1. The number of nitrogens with zero attached hydrogens (tertiary/aromatic N) is 3. The van der Waals surface area contributed by atoms with Gasteiger partial charge in [0.25, 0.3) is 0 Å². The molecule has 124 valence electrons. The number of hydrogen-bond acceptors (Lipinski definition) is 4. The van der Waals surface area contributed by atoms with Crippen LogP contribution < -0.4 is 0 Å². The molecule has 3 rings (SSSR count). The van der Waals surface area contributed by atoms with Gasteiger partial charge >= 0.3 is 0 Å². The van der Waals surface area contributed by atoms with Gasteiger partial charge in [0.1, 0.15) is 5.82 Å². The second-order valence-corrected chi connectivity index (χ2v) is 6.61. The number of rotatable bonds is 5. The van der Waals surface area contributed by atoms with Gasteiger partial charge in [0.2, 0.25) is 11.8 Å². The number of benzene rings is 2. The Balaban J connectivity index is 1.72. The molecule has 1 heterocycles. The van der Waals surface area contributed by atoms with Crippen molar-refractivity contribution in [3.8, 4) is 11.5 Å². The van der Waals surface area contributed by atoms with Crippen molar-refractivity contribution >= 4 is 27.5 Å². The molecule has 0 atom stereocenters. The van der Waals surface area contributed by atoms with Gasteiger partial charge in [-0.1, -0.05) is 29.8 Å². The summed E-state index contributed by atoms with van der Waals surface area (Å²) in [6, 6.07) is 12.3. The molecule has 0 saturated carbocycles. The smallest absolute Gasteiger partial charge is 0.248 e. The molecule has 0 spiro atoms. The fourth-order valence-corrected chi connectivity index (χ4v) is 2.98. The molecule has 1 aromatic heterocycles. The van der Waals surface area contributed by atoms with Crippen LogP contribution in [-0.4, -0.2) is 22.1 Å². The fraction of sp³-hybridized carbons (Fsp3) is 0.176. The summed E-state index contributed by atoms with van der Waals surface area (Å²) >= 11 is 9.51. The summed E-state index contributed by atoms with van der Waals surface area (Å²) in [5.41, 5.74) is 1.28. The zero-order valence-electron chi connectivity index (χ0n) is 12.8. The van der Waals surface area contributed by atoms with Crippen molar-refractivity contribution in [3.63, 3.8) is 0 Å². The van der Waals surface area contributed by atoms with E-state index in [1.54, 1.807) is 12.1 Å². The van der Waals surface area contributed by atoms with Crippen LogP contribution in [0.2, 0.25) is 5.02 Å². The van der Waals surface area contributed by atoms with Gasteiger partial charge in [-0.2, -0.15) is 0 Å². The van der Waals surface area contributed by atoms with Crippen LogP contribution in [0.3, 0.4) is 0 Å². The average molecular weight is 411 g/mol. The second-order valence-electron chi connectivity index (χ2n) is 5.35. The first-order valence-electron chi connectivity index (χ1n) is 7.23. The van der Waals surface area contributed by atoms with Crippen LogP contribution in [-0.2, 0) is 13.1 Å². The summed E-state index contributed by atoms with van der Waals surface area (Å²) in [5.74, 6) is 0.569. The van der Waals surface area contributed by atoms with E-state index in [0.717, 1.165) is 10.0 Å². The molecule has 0 fully saturated rings. The third kappa shape index (κ3) is 3.83. The van der Waals surface area contributed by atoms with Gasteiger partial charge in [-0.25, -0.2) is 4.39 Å². The molecule has 0 N–H and O–H groups in total. The summed E-state index contributed by atoms with van der Waals surface area (Å²) in [7, 11) is 1.84. The molecule has 0 aliphatic carbocycles. The largest absolute Gasteiger partial charge is 0.419 e. The molecular formula is C17H14BrClFN3O. The average Bonchev–Trinajstić information content (AvgIpc) is 3.00. The Hall–Kier alpha value is -1.76. The Kier molecular flexibility index (Phi) is 5.28. The number of hydrogen-bond donors (Lipinski definition) is 0. The van der Waals surface area contributed by atoms with Crippen molar-refractivity contribution in [2.24, 2.45) is 0 Å². The van der Waals surface area contributed by atoms with E-state index in [1.807, 2.05) is 36.2 Å². The minimum atomic E-state index is -0.325. The highest BCUT2D eigenvalue weighted by molar-refractivity contribution is 9.10. The molecule has 4 nitrogen and oxygen atoms in total. The zero-order valence-corrected chi connectivity index (χ0v) is 15.2. The van der Waals surface area contributed by atoms with Gasteiger partial charge in [-0.15, -0.1) is 10.2 Å². The van der Waals surface area contributed by atoms with E-state index >= 15 is 0 Å². The van der Waals surface area contributed by atoms with Crippen LogP contribution in [0.4, 0.5) is 4.39 Å². The molecule has 0 unspecified atom stereocenters. The molecule has 0 aliphatic heterocycles. The van der Waals surface area contributed by atoms with Crippen molar-refractivity contribution < 1.29 is 8.81 Å². The normalized spacial score (nSPS) is 11.2. The van der Waals surface area contributed by atoms with Crippen molar-refractivity contribution in [1.82, 2.24) is 15.1 Å². The van der Waals surface area contributed by atoms with E-state index in [0.29, 0.717) is 35.5 Å². The van der Waals surface area contributed by atoms with Crippen LogP contribution in [0.1, 0.15) is 11.5 Å². The maximum atomic E-state index is 13.9. The highest BCUT2D eigenvalue weighted by Gasteiger charge is 2.15. The van der Waals surface area contributed by atoms with Crippen LogP contribution in [0.5, 0.6) is 0 Å². The standard InChI is InChI=1S/C17H14BrClFN3O/c1-23(9-12-14(19)7-4-8-15(12)20)10-16-21-22-17(24-16)11-5-2-3-6-13(11)18/h2-8H,9-10H2,1H3. The van der Waals surface area contributed by atoms with Crippen molar-refractivity contribution in [2.75, 3.05) is 7.05 Å². The summed E-state index contributed by atoms with van der Waals surface area (Å²) in [5, 5.41) is 8.53. The third-order valence-corrected chi connectivity index (χ3v) is 4.51. The molecule has 3 aromatic rings. The topological polar surface area (TPSA) is 42.2 Å². The fourth-order valence-electron chi connectivity index (χ4n) is 2.30. The monoisotopic (exact) mass is 409 g/mol. The van der Waals surface area contributed by atoms with E-state index in [2.05, 4.69) is 26.1 Å². The lowest BCUT2D eigenvalue weighted by atomic mass is 10.2. The first-order valence-corrected chi connectivity index (χ1v) is 8.40. The van der Waals surface area contributed by atoms with Gasteiger partial charge in [-0.05, 0) is 47.2 Å². The SMILES string of the molecule is CN(Cc1nnc(-c2ccccc2Br)o1)Cc1c(F)cccc1Cl. The molecule has 0 radical (unpaired) electrons. The Labute approximate surface area is 152 Å². The molecule has 0 aliphatic rings. The maximum absolute atomic E-state index is 13.9. The molecule has 0 bridgehead atoms. The highest BCUT2D eigenvalue weighted by atomic mass is 79.9. The van der Waals surface area contributed by atoms with Crippen LogP contribution >= 0.6 is 27.5 Å². The van der Waals surface area contributed by atoms with Gasteiger partial charge in [0.05, 0.1) is 12.1 Å². The molecular weight excluding hydrogens is 397 g/mol. The van der Waals surface area contributed by atoms with Crippen molar-refractivity contribution in [3.05, 3.63) is 69.2 Å². The molecule has 24 heavy (non-hydrogen) atoms. The summed E-state index contributed by atoms with van der Waals surface area (Å²) in [6.07, 6.45) is 0. The van der Waals surface area contributed by atoms with Crippen molar-refractivity contribution in [1.29, 1.82) is 0 Å². The predicted molar refractivity (Wildman–Crippen MR) is 94.0 cm³/mol. The Morgan fingerprint density at radius 3 is 2.67 bits per heavy atom. The van der Waals surface area contributed by atoms with Crippen LogP contribution in [0.15, 0.2) is 51.4 Å². The zero-order chi connectivity index (χ0) is 17.1. The Bertz CT molecular complexity index is 835. The van der Waals surface area contributed by atoms with Gasteiger partial charge < -0.3 is 4.42 Å². The number of aromatic nitrogens is 2. The number of halogens is 3. The lowest BCUT2D eigenvalue weighted by Crippen LogP contribution is -2.18. The predicted octanol–water partition coefficient (Wildman–Crippen LogP) is 4.92. The first-order chi connectivity index (χ1) is 11.5. The van der Waals surface area contributed by atoms with Crippen LogP contribution in [0, 0.1) is 5.82 Å². The van der Waals surface area contributed by atoms with E-state index in [4.69, 9.17) is 16.0 Å². The van der Waals surface area contributed by atoms with E-state index in [1.165, 1.54) is 6.07 Å². The second kappa shape index (κ2) is 7.42. The quantitative estimate of drug-likeness (QED) is 0.598. The summed E-state index contributed by atoms with van der Waals surface area (Å²) in [6.45, 7) is 0.736. The van der Waals surface area contributed by atoms with Gasteiger partial charge in [-0.3, -0.25) is 4.90 Å². The van der Waals surface area contributed by atoms with E-state index < -0.39 is 0 Å². The summed E-state index contributed by atoms with van der Waals surface area (Å²) < 4.78 is 20.4. The van der Waals surface area contributed by atoms with Crippen LogP contribution in [0.25, 0.3) is 11.5 Å². The van der Waals surface area contributed by atoms with E-state index in [-0.39, 0.29) is 5.82 Å². The molecule has 0 amide bonds. The minimum absolute atomic E-state index is 0.325. The van der Waals surface area contributed by atoms with Gasteiger partial charge in [0, 0.05) is 21.6 Å². The van der Waals surface area contributed by atoms with Crippen molar-refractivity contribution in [2.45, 2.75) is 13.1 Å². The lowest BCUT2D eigenvalue weighted by molar-refractivity contribution is 0.279. The summed E-state index contributed by atoms with van der Waals surface area (Å²) in [4.78, 5) is 1.86. The molecule has 0 saturated heterocycles. The highest BCUT2D eigenvalue weighted by Crippen LogP contribution is 2.27. The third-order valence-electron chi connectivity index (χ3n) is 3.47. The molecule has 2 aromatic carbocycles.